The van der Waals surface area contributed by atoms with Gasteiger partial charge in [-0.25, -0.2) is 0 Å². The number of hydrogen-bond donors (Lipinski definition) is 3. The molecule has 1 amide bonds. The van der Waals surface area contributed by atoms with Crippen LogP contribution in [-0.2, 0) is 16.2 Å². The summed E-state index contributed by atoms with van der Waals surface area (Å²) in [6.07, 6.45) is 3.34. The standard InChI is InChI=1S/C24H27IN4O4S/c1-31-20-8-7-16(13-21(20)32-2)15-26-22(30)19-14-24(33-28-19)9-11-29(12-10-24)23(34)27-18-6-4-3-5-17(18)25/h3-8,13-14,28H,9-12,15H2,1-2H3,(H,26,30)(H,27,34). The summed E-state index contributed by atoms with van der Waals surface area (Å²) in [5.74, 6) is 1.05. The third kappa shape index (κ3) is 5.56. The number of hydroxylamine groups is 1. The minimum absolute atomic E-state index is 0.218. The van der Waals surface area contributed by atoms with E-state index < -0.39 is 5.60 Å². The highest BCUT2D eigenvalue weighted by molar-refractivity contribution is 14.1. The Morgan fingerprint density at radius 2 is 1.91 bits per heavy atom. The number of carbonyl (C=O) groups is 1. The molecule has 1 fully saturated rings. The molecule has 1 spiro atoms. The van der Waals surface area contributed by atoms with Gasteiger partial charge < -0.3 is 25.0 Å². The minimum atomic E-state index is -0.511. The quantitative estimate of drug-likeness (QED) is 0.346. The highest BCUT2D eigenvalue weighted by Crippen LogP contribution is 2.32. The van der Waals surface area contributed by atoms with Crippen molar-refractivity contribution < 1.29 is 19.1 Å². The van der Waals surface area contributed by atoms with Crippen LogP contribution in [0.4, 0.5) is 5.69 Å². The zero-order chi connectivity index (χ0) is 24.1. The van der Waals surface area contributed by atoms with E-state index in [0.717, 1.165) is 40.8 Å². The van der Waals surface area contributed by atoms with Gasteiger partial charge in [-0.1, -0.05) is 18.2 Å². The summed E-state index contributed by atoms with van der Waals surface area (Å²) in [5.41, 5.74) is 4.64. The highest BCUT2D eigenvalue weighted by Gasteiger charge is 2.40. The van der Waals surface area contributed by atoms with E-state index in [2.05, 4.69) is 43.6 Å². The van der Waals surface area contributed by atoms with Gasteiger partial charge in [0.15, 0.2) is 16.6 Å². The molecule has 34 heavy (non-hydrogen) atoms. The summed E-state index contributed by atoms with van der Waals surface area (Å²) in [4.78, 5) is 20.7. The number of halogens is 1. The molecule has 0 saturated carbocycles. The van der Waals surface area contributed by atoms with Crippen molar-refractivity contribution in [1.82, 2.24) is 15.7 Å². The number of hydrogen-bond acceptors (Lipinski definition) is 6. The largest absolute Gasteiger partial charge is 0.493 e. The molecule has 0 aliphatic carbocycles. The second kappa shape index (κ2) is 10.8. The first kappa shape index (κ1) is 24.6. The van der Waals surface area contributed by atoms with E-state index in [1.54, 1.807) is 14.2 Å². The van der Waals surface area contributed by atoms with E-state index in [0.29, 0.717) is 28.9 Å². The van der Waals surface area contributed by atoms with Gasteiger partial charge in [-0.3, -0.25) is 15.1 Å². The molecular weight excluding hydrogens is 567 g/mol. The summed E-state index contributed by atoms with van der Waals surface area (Å²) < 4.78 is 11.7. The predicted molar refractivity (Wildman–Crippen MR) is 143 cm³/mol. The molecule has 2 aromatic rings. The van der Waals surface area contributed by atoms with Gasteiger partial charge in [0.2, 0.25) is 0 Å². The first-order chi connectivity index (χ1) is 16.4. The molecule has 0 radical (unpaired) electrons. The SMILES string of the molecule is COc1ccc(CNC(=O)C2=CC3(CCN(C(=S)Nc4ccccc4I)CC3)ON2)cc1OC. The van der Waals surface area contributed by atoms with Gasteiger partial charge in [0.05, 0.1) is 19.9 Å². The lowest BCUT2D eigenvalue weighted by Gasteiger charge is -2.38. The Labute approximate surface area is 218 Å². The van der Waals surface area contributed by atoms with Crippen LogP contribution in [0.3, 0.4) is 0 Å². The Morgan fingerprint density at radius 1 is 1.18 bits per heavy atom. The maximum Gasteiger partial charge on any atom is 0.269 e. The number of amides is 1. The summed E-state index contributed by atoms with van der Waals surface area (Å²) in [5, 5.41) is 6.95. The van der Waals surface area contributed by atoms with Crippen LogP contribution in [0.5, 0.6) is 11.5 Å². The lowest BCUT2D eigenvalue weighted by Crippen LogP contribution is -2.48. The summed E-state index contributed by atoms with van der Waals surface area (Å²) in [7, 11) is 3.17. The highest BCUT2D eigenvalue weighted by atomic mass is 127. The third-order valence-corrected chi connectivity index (χ3v) is 7.23. The fourth-order valence-electron chi connectivity index (χ4n) is 3.95. The van der Waals surface area contributed by atoms with Crippen molar-refractivity contribution in [3.63, 3.8) is 0 Å². The Bertz CT molecular complexity index is 1100. The lowest BCUT2D eigenvalue weighted by molar-refractivity contribution is -0.120. The van der Waals surface area contributed by atoms with Gasteiger partial charge in [-0.15, -0.1) is 0 Å². The molecule has 0 atom stereocenters. The van der Waals surface area contributed by atoms with Crippen LogP contribution in [0.1, 0.15) is 18.4 Å². The maximum absolute atomic E-state index is 12.7. The zero-order valence-electron chi connectivity index (χ0n) is 19.0. The van der Waals surface area contributed by atoms with E-state index >= 15 is 0 Å². The number of piperidine rings is 1. The molecule has 0 aromatic heterocycles. The number of para-hydroxylation sites is 1. The van der Waals surface area contributed by atoms with Gasteiger partial charge in [-0.2, -0.15) is 0 Å². The van der Waals surface area contributed by atoms with E-state index in [-0.39, 0.29) is 5.91 Å². The van der Waals surface area contributed by atoms with E-state index in [1.807, 2.05) is 48.5 Å². The van der Waals surface area contributed by atoms with Gasteiger partial charge in [-0.05, 0) is 70.7 Å². The fraction of sp³-hybridized carbons (Fsp3) is 0.333. The molecule has 2 aromatic carbocycles. The van der Waals surface area contributed by atoms with Crippen LogP contribution in [0.25, 0.3) is 0 Å². The monoisotopic (exact) mass is 594 g/mol. The second-order valence-electron chi connectivity index (χ2n) is 8.10. The molecule has 0 unspecified atom stereocenters. The van der Waals surface area contributed by atoms with Crippen LogP contribution in [0.2, 0.25) is 0 Å². The van der Waals surface area contributed by atoms with Crippen LogP contribution in [0.15, 0.2) is 54.2 Å². The number of likely N-dealkylation sites (tertiary alicyclic amines) is 1. The molecule has 10 heteroatoms. The van der Waals surface area contributed by atoms with Crippen LogP contribution >= 0.6 is 34.8 Å². The number of benzene rings is 2. The molecule has 8 nitrogen and oxygen atoms in total. The van der Waals surface area contributed by atoms with Crippen molar-refractivity contribution in [2.24, 2.45) is 0 Å². The average Bonchev–Trinajstić information content (AvgIpc) is 3.27. The maximum atomic E-state index is 12.7. The average molecular weight is 594 g/mol. The van der Waals surface area contributed by atoms with Crippen molar-refractivity contribution >= 4 is 51.5 Å². The molecular formula is C24H27IN4O4S. The smallest absolute Gasteiger partial charge is 0.269 e. The van der Waals surface area contributed by atoms with E-state index in [4.69, 9.17) is 26.5 Å². The van der Waals surface area contributed by atoms with Crippen molar-refractivity contribution in [1.29, 1.82) is 0 Å². The Hall–Kier alpha value is -2.57. The van der Waals surface area contributed by atoms with Gasteiger partial charge >= 0.3 is 0 Å². The third-order valence-electron chi connectivity index (χ3n) is 5.93. The molecule has 0 bridgehead atoms. The van der Waals surface area contributed by atoms with Crippen LogP contribution in [-0.4, -0.2) is 48.8 Å². The molecule has 2 aliphatic heterocycles. The molecule has 2 aliphatic rings. The Morgan fingerprint density at radius 3 is 2.62 bits per heavy atom. The van der Waals surface area contributed by atoms with Gasteiger partial charge in [0.25, 0.3) is 5.91 Å². The number of nitrogens with zero attached hydrogens (tertiary/aromatic N) is 1. The Kier molecular flexibility index (Phi) is 7.79. The number of ether oxygens (including phenoxy) is 2. The Balaban J connectivity index is 1.30. The van der Waals surface area contributed by atoms with E-state index in [9.17, 15) is 4.79 Å². The number of anilines is 1. The van der Waals surface area contributed by atoms with Crippen molar-refractivity contribution in [3.8, 4) is 11.5 Å². The van der Waals surface area contributed by atoms with Gasteiger partial charge in [0, 0.05) is 36.0 Å². The number of methoxy groups -OCH3 is 2. The number of carbonyl (C=O) groups excluding carboxylic acids is 1. The minimum Gasteiger partial charge on any atom is -0.493 e. The van der Waals surface area contributed by atoms with Crippen molar-refractivity contribution in [2.45, 2.75) is 25.0 Å². The molecule has 180 valence electrons. The van der Waals surface area contributed by atoms with Crippen LogP contribution < -0.4 is 25.6 Å². The van der Waals surface area contributed by atoms with E-state index in [1.165, 1.54) is 0 Å². The first-order valence-electron chi connectivity index (χ1n) is 10.9. The van der Waals surface area contributed by atoms with Gasteiger partial charge in [0.1, 0.15) is 11.3 Å². The molecule has 4 rings (SSSR count). The first-order valence-corrected chi connectivity index (χ1v) is 12.4. The molecule has 3 N–H and O–H groups in total. The molecule has 2 heterocycles. The summed E-state index contributed by atoms with van der Waals surface area (Å²) >= 11 is 7.91. The zero-order valence-corrected chi connectivity index (χ0v) is 22.0. The second-order valence-corrected chi connectivity index (χ2v) is 9.64. The number of rotatable bonds is 6. The normalized spacial score (nSPS) is 16.4. The number of thiocarbonyl (C=S) groups is 1. The molecule has 1 saturated heterocycles. The van der Waals surface area contributed by atoms with Crippen LogP contribution in [0, 0.1) is 3.57 Å². The summed E-state index contributed by atoms with van der Waals surface area (Å²) in [6, 6.07) is 13.6. The fourth-order valence-corrected chi connectivity index (χ4v) is 4.76. The van der Waals surface area contributed by atoms with Crippen molar-refractivity contribution in [3.05, 3.63) is 63.4 Å². The predicted octanol–water partition coefficient (Wildman–Crippen LogP) is 3.57. The van der Waals surface area contributed by atoms with Crippen molar-refractivity contribution in [2.75, 3.05) is 32.6 Å². The lowest BCUT2D eigenvalue weighted by atomic mass is 9.91. The number of nitrogens with one attached hydrogen (secondary N) is 3. The topological polar surface area (TPSA) is 84.1 Å². The summed E-state index contributed by atoms with van der Waals surface area (Å²) in [6.45, 7) is 1.82.